The molecule has 0 bridgehead atoms. The van der Waals surface area contributed by atoms with Gasteiger partial charge in [-0.25, -0.2) is 4.98 Å². The van der Waals surface area contributed by atoms with E-state index in [1.807, 2.05) is 19.2 Å². The van der Waals surface area contributed by atoms with Crippen LogP contribution in [0.5, 0.6) is 0 Å². The minimum absolute atomic E-state index is 0.0412. The van der Waals surface area contributed by atoms with Gasteiger partial charge >= 0.3 is 0 Å². The Hall–Kier alpha value is -0.940. The molecule has 4 nitrogen and oxygen atoms in total. The van der Waals surface area contributed by atoms with E-state index in [0.29, 0.717) is 19.0 Å². The van der Waals surface area contributed by atoms with Crippen LogP contribution in [0.15, 0.2) is 5.38 Å². The highest BCUT2D eigenvalue weighted by Gasteiger charge is 2.10. The number of thiazole rings is 1. The number of hydrogen-bond acceptors (Lipinski definition) is 4. The van der Waals surface area contributed by atoms with Gasteiger partial charge in [-0.1, -0.05) is 13.8 Å². The number of nitrogens with one attached hydrogen (secondary N) is 2. The Morgan fingerprint density at radius 2 is 2.18 bits per heavy atom. The number of nitrogens with zero attached hydrogens (tertiary/aromatic N) is 1. The standard InChI is InChI=1S/C12H21N3OS/c1-8(2)10(4)15-11(16)5-13-6-12-14-9(3)7-17-12/h7-8,10,13H,5-6H2,1-4H3,(H,15,16). The highest BCUT2D eigenvalue weighted by Crippen LogP contribution is 2.07. The minimum atomic E-state index is 0.0412. The zero-order valence-corrected chi connectivity index (χ0v) is 11.7. The molecule has 0 saturated carbocycles. The van der Waals surface area contributed by atoms with Gasteiger partial charge in [-0.05, 0) is 19.8 Å². The van der Waals surface area contributed by atoms with Crippen molar-refractivity contribution in [3.8, 4) is 0 Å². The molecule has 0 aliphatic carbocycles. The number of aromatic nitrogens is 1. The van der Waals surface area contributed by atoms with Crippen molar-refractivity contribution in [2.45, 2.75) is 40.3 Å². The molecule has 0 saturated heterocycles. The van der Waals surface area contributed by atoms with E-state index in [9.17, 15) is 4.79 Å². The van der Waals surface area contributed by atoms with Crippen LogP contribution in [0.25, 0.3) is 0 Å². The summed E-state index contributed by atoms with van der Waals surface area (Å²) < 4.78 is 0. The van der Waals surface area contributed by atoms with Crippen LogP contribution in [0.3, 0.4) is 0 Å². The number of amides is 1. The summed E-state index contributed by atoms with van der Waals surface area (Å²) in [7, 11) is 0. The molecule has 0 aromatic carbocycles. The lowest BCUT2D eigenvalue weighted by atomic mass is 10.1. The molecule has 1 rings (SSSR count). The molecule has 17 heavy (non-hydrogen) atoms. The second-order valence-corrected chi connectivity index (χ2v) is 5.53. The van der Waals surface area contributed by atoms with Crippen molar-refractivity contribution in [3.63, 3.8) is 0 Å². The van der Waals surface area contributed by atoms with Crippen LogP contribution in [0.1, 0.15) is 31.5 Å². The van der Waals surface area contributed by atoms with Gasteiger partial charge in [0.2, 0.25) is 5.91 Å². The lowest BCUT2D eigenvalue weighted by Gasteiger charge is -2.17. The molecule has 1 aromatic heterocycles. The maximum absolute atomic E-state index is 11.6. The van der Waals surface area contributed by atoms with Crippen LogP contribution >= 0.6 is 11.3 Å². The predicted octanol–water partition coefficient (Wildman–Crippen LogP) is 1.70. The summed E-state index contributed by atoms with van der Waals surface area (Å²) in [5, 5.41) is 9.08. The summed E-state index contributed by atoms with van der Waals surface area (Å²) in [6.07, 6.45) is 0. The van der Waals surface area contributed by atoms with Gasteiger partial charge in [0.25, 0.3) is 0 Å². The first kappa shape index (κ1) is 14.1. The third-order valence-electron chi connectivity index (χ3n) is 2.62. The normalized spacial score (nSPS) is 12.8. The lowest BCUT2D eigenvalue weighted by molar-refractivity contribution is -0.121. The Bertz CT molecular complexity index is 362. The van der Waals surface area contributed by atoms with Crippen LogP contribution in [-0.4, -0.2) is 23.5 Å². The van der Waals surface area contributed by atoms with Crippen molar-refractivity contribution in [1.82, 2.24) is 15.6 Å². The Morgan fingerprint density at radius 3 is 2.71 bits per heavy atom. The molecule has 2 N–H and O–H groups in total. The van der Waals surface area contributed by atoms with E-state index in [2.05, 4.69) is 29.5 Å². The summed E-state index contributed by atoms with van der Waals surface area (Å²) in [5.41, 5.74) is 1.03. The number of carbonyl (C=O) groups is 1. The van der Waals surface area contributed by atoms with Gasteiger partial charge in [0, 0.05) is 23.7 Å². The summed E-state index contributed by atoms with van der Waals surface area (Å²) in [6.45, 7) is 9.18. The molecule has 0 radical (unpaired) electrons. The van der Waals surface area contributed by atoms with Crippen molar-refractivity contribution in [2.24, 2.45) is 5.92 Å². The highest BCUT2D eigenvalue weighted by atomic mass is 32.1. The smallest absolute Gasteiger partial charge is 0.234 e. The minimum Gasteiger partial charge on any atom is -0.352 e. The van der Waals surface area contributed by atoms with Crippen molar-refractivity contribution >= 4 is 17.2 Å². The summed E-state index contributed by atoms with van der Waals surface area (Å²) >= 11 is 1.61. The van der Waals surface area contributed by atoms with E-state index in [1.165, 1.54) is 0 Å². The van der Waals surface area contributed by atoms with Gasteiger partial charge in [0.05, 0.1) is 6.54 Å². The van der Waals surface area contributed by atoms with Crippen LogP contribution in [0.2, 0.25) is 0 Å². The first-order chi connectivity index (χ1) is 7.99. The summed E-state index contributed by atoms with van der Waals surface area (Å²) in [4.78, 5) is 15.9. The topological polar surface area (TPSA) is 54.0 Å². The number of aryl methyl sites for hydroxylation is 1. The Balaban J connectivity index is 2.20. The average Bonchev–Trinajstić information content (AvgIpc) is 2.64. The summed E-state index contributed by atoms with van der Waals surface area (Å²) in [5.74, 6) is 0.500. The van der Waals surface area contributed by atoms with Crippen molar-refractivity contribution in [3.05, 3.63) is 16.1 Å². The fourth-order valence-electron chi connectivity index (χ4n) is 1.24. The lowest BCUT2D eigenvalue weighted by Crippen LogP contribution is -2.41. The molecule has 5 heteroatoms. The van der Waals surface area contributed by atoms with Gasteiger partial charge in [0.15, 0.2) is 0 Å². The average molecular weight is 255 g/mol. The van der Waals surface area contributed by atoms with Crippen LogP contribution in [0.4, 0.5) is 0 Å². The summed E-state index contributed by atoms with van der Waals surface area (Å²) in [6, 6.07) is 0.214. The molecular formula is C12H21N3OS. The Labute approximate surface area is 107 Å². The number of hydrogen-bond donors (Lipinski definition) is 2. The molecule has 1 aromatic rings. The quantitative estimate of drug-likeness (QED) is 0.813. The highest BCUT2D eigenvalue weighted by molar-refractivity contribution is 7.09. The van der Waals surface area contributed by atoms with E-state index < -0.39 is 0 Å². The molecule has 96 valence electrons. The van der Waals surface area contributed by atoms with E-state index in [1.54, 1.807) is 11.3 Å². The zero-order valence-electron chi connectivity index (χ0n) is 10.9. The van der Waals surface area contributed by atoms with E-state index in [-0.39, 0.29) is 11.9 Å². The first-order valence-corrected chi connectivity index (χ1v) is 6.78. The molecule has 0 spiro atoms. The Morgan fingerprint density at radius 1 is 1.47 bits per heavy atom. The van der Waals surface area contributed by atoms with Gasteiger partial charge in [-0.15, -0.1) is 11.3 Å². The monoisotopic (exact) mass is 255 g/mol. The fourth-order valence-corrected chi connectivity index (χ4v) is 1.98. The van der Waals surface area contributed by atoms with Crippen LogP contribution in [0, 0.1) is 12.8 Å². The molecule has 1 unspecified atom stereocenters. The van der Waals surface area contributed by atoms with Gasteiger partial charge in [0.1, 0.15) is 5.01 Å². The van der Waals surface area contributed by atoms with Crippen LogP contribution < -0.4 is 10.6 Å². The molecule has 0 aliphatic rings. The van der Waals surface area contributed by atoms with Crippen molar-refractivity contribution in [1.29, 1.82) is 0 Å². The molecule has 1 heterocycles. The molecule has 0 aliphatic heterocycles. The third-order valence-corrected chi connectivity index (χ3v) is 3.58. The van der Waals surface area contributed by atoms with E-state index >= 15 is 0 Å². The largest absolute Gasteiger partial charge is 0.352 e. The van der Waals surface area contributed by atoms with Gasteiger partial charge in [-0.3, -0.25) is 4.79 Å². The molecular weight excluding hydrogens is 234 g/mol. The Kier molecular flexibility index (Phi) is 5.58. The maximum Gasteiger partial charge on any atom is 0.234 e. The van der Waals surface area contributed by atoms with Crippen molar-refractivity contribution < 1.29 is 4.79 Å². The zero-order chi connectivity index (χ0) is 12.8. The SMILES string of the molecule is Cc1csc(CNCC(=O)NC(C)C(C)C)n1. The molecule has 1 atom stereocenters. The van der Waals surface area contributed by atoms with Crippen LogP contribution in [-0.2, 0) is 11.3 Å². The van der Waals surface area contributed by atoms with E-state index in [4.69, 9.17) is 0 Å². The van der Waals surface area contributed by atoms with E-state index in [0.717, 1.165) is 10.7 Å². The van der Waals surface area contributed by atoms with Gasteiger partial charge < -0.3 is 10.6 Å². The first-order valence-electron chi connectivity index (χ1n) is 5.90. The molecule has 0 fully saturated rings. The maximum atomic E-state index is 11.6. The fraction of sp³-hybridized carbons (Fsp3) is 0.667. The second kappa shape index (κ2) is 6.71. The number of carbonyl (C=O) groups excluding carboxylic acids is 1. The number of rotatable bonds is 6. The predicted molar refractivity (Wildman–Crippen MR) is 71.0 cm³/mol. The van der Waals surface area contributed by atoms with Crippen molar-refractivity contribution in [2.75, 3.05) is 6.54 Å². The molecule has 1 amide bonds. The second-order valence-electron chi connectivity index (χ2n) is 4.59. The third kappa shape index (κ3) is 5.28. The van der Waals surface area contributed by atoms with Gasteiger partial charge in [-0.2, -0.15) is 0 Å².